The summed E-state index contributed by atoms with van der Waals surface area (Å²) in [5, 5.41) is 0. The minimum absolute atomic E-state index is 0.350. The molecular formula is C14H22N4O2. The van der Waals surface area contributed by atoms with Crippen LogP contribution in [0.15, 0.2) is 0 Å². The van der Waals surface area contributed by atoms with Gasteiger partial charge in [-0.3, -0.25) is 0 Å². The Labute approximate surface area is 119 Å². The van der Waals surface area contributed by atoms with Gasteiger partial charge >= 0.3 is 0 Å². The van der Waals surface area contributed by atoms with Crippen molar-refractivity contribution in [3.63, 3.8) is 0 Å². The number of anilines is 1. The van der Waals surface area contributed by atoms with Gasteiger partial charge in [0.05, 0.1) is 18.9 Å². The third-order valence-electron chi connectivity index (χ3n) is 4.42. The highest BCUT2D eigenvalue weighted by Gasteiger charge is 2.38. The molecule has 1 fully saturated rings. The Morgan fingerprint density at radius 3 is 2.75 bits per heavy atom. The molecule has 6 nitrogen and oxygen atoms in total. The summed E-state index contributed by atoms with van der Waals surface area (Å²) in [4.78, 5) is 9.40. The maximum atomic E-state index is 5.83. The minimum atomic E-state index is -0.350. The summed E-state index contributed by atoms with van der Waals surface area (Å²) in [5.41, 5.74) is 4.35. The Kier molecular flexibility index (Phi) is 3.87. The molecule has 2 heterocycles. The van der Waals surface area contributed by atoms with Gasteiger partial charge in [-0.25, -0.2) is 15.8 Å². The number of nitrogen functional groups attached to an aromatic ring is 1. The summed E-state index contributed by atoms with van der Waals surface area (Å²) in [5.74, 6) is 7.06. The molecule has 1 aliphatic heterocycles. The lowest BCUT2D eigenvalue weighted by molar-refractivity contribution is -0.0517. The van der Waals surface area contributed by atoms with Crippen molar-refractivity contribution in [2.45, 2.75) is 50.7 Å². The number of nitrogens with two attached hydrogens (primary N) is 1. The van der Waals surface area contributed by atoms with Gasteiger partial charge in [-0.05, 0) is 12.8 Å². The first-order valence-corrected chi connectivity index (χ1v) is 7.29. The monoisotopic (exact) mass is 278 g/mol. The van der Waals surface area contributed by atoms with Crippen molar-refractivity contribution in [3.8, 4) is 0 Å². The maximum absolute atomic E-state index is 5.83. The van der Waals surface area contributed by atoms with Gasteiger partial charge in [-0.1, -0.05) is 19.3 Å². The second-order valence-corrected chi connectivity index (χ2v) is 5.53. The Morgan fingerprint density at radius 2 is 2.05 bits per heavy atom. The molecule has 20 heavy (non-hydrogen) atoms. The lowest BCUT2D eigenvalue weighted by Crippen LogP contribution is -2.35. The molecule has 0 saturated heterocycles. The Morgan fingerprint density at radius 1 is 1.25 bits per heavy atom. The van der Waals surface area contributed by atoms with Crippen LogP contribution in [0.4, 0.5) is 5.82 Å². The fourth-order valence-corrected chi connectivity index (χ4v) is 3.20. The average molecular weight is 278 g/mol. The van der Waals surface area contributed by atoms with E-state index < -0.39 is 0 Å². The van der Waals surface area contributed by atoms with Crippen LogP contribution >= 0.6 is 0 Å². The molecule has 1 aromatic heterocycles. The largest absolute Gasteiger partial charge is 0.376 e. The molecular weight excluding hydrogens is 256 g/mol. The molecule has 0 radical (unpaired) electrons. The molecule has 110 valence electrons. The van der Waals surface area contributed by atoms with E-state index in [1.54, 1.807) is 7.11 Å². The lowest BCUT2D eigenvalue weighted by atomic mass is 9.83. The molecule has 0 atom stereocenters. The smallest absolute Gasteiger partial charge is 0.162 e. The second kappa shape index (κ2) is 5.63. The van der Waals surface area contributed by atoms with Gasteiger partial charge in [0, 0.05) is 19.1 Å². The van der Waals surface area contributed by atoms with Crippen LogP contribution in [0.1, 0.15) is 49.2 Å². The lowest BCUT2D eigenvalue weighted by Gasteiger charge is -2.35. The van der Waals surface area contributed by atoms with E-state index in [4.69, 9.17) is 20.3 Å². The van der Waals surface area contributed by atoms with Gasteiger partial charge in [0.25, 0.3) is 0 Å². The summed E-state index contributed by atoms with van der Waals surface area (Å²) < 4.78 is 11.3. The number of nitrogens with zero attached hydrogens (tertiary/aromatic N) is 2. The first-order valence-electron chi connectivity index (χ1n) is 7.29. The number of hydrogen-bond acceptors (Lipinski definition) is 6. The van der Waals surface area contributed by atoms with E-state index >= 15 is 0 Å². The zero-order chi connectivity index (χ0) is 14.0. The number of methoxy groups -OCH3 is 1. The van der Waals surface area contributed by atoms with Crippen molar-refractivity contribution in [2.24, 2.45) is 5.84 Å². The van der Waals surface area contributed by atoms with Crippen molar-refractivity contribution in [1.82, 2.24) is 9.97 Å². The average Bonchev–Trinajstić information content (AvgIpc) is 2.54. The molecule has 1 aromatic rings. The SMILES string of the molecule is COC1(c2nc3c(c(NN)n2)COCC3)CCCCC1. The maximum Gasteiger partial charge on any atom is 0.162 e. The zero-order valence-corrected chi connectivity index (χ0v) is 11.9. The molecule has 6 heteroatoms. The standard InChI is InChI=1S/C14H22N4O2/c1-19-14(6-3-2-4-7-14)13-16-11-5-8-20-9-10(11)12(17-13)18-15/h2-9,15H2,1H3,(H,16,17,18). The molecule has 2 aliphatic rings. The summed E-state index contributed by atoms with van der Waals surface area (Å²) in [6.07, 6.45) is 6.32. The molecule has 3 N–H and O–H groups in total. The van der Waals surface area contributed by atoms with Gasteiger partial charge < -0.3 is 14.9 Å². The third-order valence-corrected chi connectivity index (χ3v) is 4.42. The van der Waals surface area contributed by atoms with Crippen molar-refractivity contribution >= 4 is 5.82 Å². The van der Waals surface area contributed by atoms with E-state index in [-0.39, 0.29) is 5.60 Å². The normalized spacial score (nSPS) is 21.3. The molecule has 0 amide bonds. The quantitative estimate of drug-likeness (QED) is 0.646. The second-order valence-electron chi connectivity index (χ2n) is 5.53. The fourth-order valence-electron chi connectivity index (χ4n) is 3.20. The number of aromatic nitrogens is 2. The number of ether oxygens (including phenoxy) is 2. The highest BCUT2D eigenvalue weighted by atomic mass is 16.5. The highest BCUT2D eigenvalue weighted by molar-refractivity contribution is 5.46. The zero-order valence-electron chi connectivity index (χ0n) is 11.9. The summed E-state index contributed by atoms with van der Waals surface area (Å²) in [6, 6.07) is 0. The highest BCUT2D eigenvalue weighted by Crippen LogP contribution is 2.39. The van der Waals surface area contributed by atoms with Crippen molar-refractivity contribution in [2.75, 3.05) is 19.1 Å². The Hall–Kier alpha value is -1.24. The van der Waals surface area contributed by atoms with Crippen LogP contribution in [0, 0.1) is 0 Å². The first kappa shape index (κ1) is 13.7. The predicted octanol–water partition coefficient (Wildman–Crippen LogP) is 1.64. The Balaban J connectivity index is 2.04. The van der Waals surface area contributed by atoms with E-state index in [1.165, 1.54) is 6.42 Å². The molecule has 3 rings (SSSR count). The number of rotatable bonds is 3. The topological polar surface area (TPSA) is 82.3 Å². The van der Waals surface area contributed by atoms with E-state index in [0.29, 0.717) is 19.0 Å². The van der Waals surface area contributed by atoms with Crippen LogP contribution in [-0.2, 0) is 28.1 Å². The number of fused-ring (bicyclic) bond motifs is 1. The van der Waals surface area contributed by atoms with Gasteiger partial charge in [0.1, 0.15) is 11.4 Å². The van der Waals surface area contributed by atoms with Crippen LogP contribution < -0.4 is 11.3 Å². The summed E-state index contributed by atoms with van der Waals surface area (Å²) in [6.45, 7) is 1.22. The number of hydrazine groups is 1. The van der Waals surface area contributed by atoms with Gasteiger partial charge in [0.15, 0.2) is 5.82 Å². The van der Waals surface area contributed by atoms with E-state index in [1.807, 2.05) is 0 Å². The van der Waals surface area contributed by atoms with Crippen molar-refractivity contribution in [1.29, 1.82) is 0 Å². The first-order chi connectivity index (χ1) is 9.79. The van der Waals surface area contributed by atoms with E-state index in [0.717, 1.165) is 49.2 Å². The number of hydrogen-bond donors (Lipinski definition) is 2. The molecule has 1 aliphatic carbocycles. The fraction of sp³-hybridized carbons (Fsp3) is 0.714. The van der Waals surface area contributed by atoms with E-state index in [2.05, 4.69) is 10.4 Å². The Bertz CT molecular complexity index is 469. The molecule has 0 spiro atoms. The van der Waals surface area contributed by atoms with Crippen LogP contribution in [0.5, 0.6) is 0 Å². The van der Waals surface area contributed by atoms with Gasteiger partial charge in [0.2, 0.25) is 0 Å². The molecule has 1 saturated carbocycles. The van der Waals surface area contributed by atoms with Crippen LogP contribution in [0.3, 0.4) is 0 Å². The van der Waals surface area contributed by atoms with Crippen molar-refractivity contribution < 1.29 is 9.47 Å². The van der Waals surface area contributed by atoms with Crippen LogP contribution in [0.25, 0.3) is 0 Å². The van der Waals surface area contributed by atoms with Crippen molar-refractivity contribution in [3.05, 3.63) is 17.1 Å². The molecule has 0 aromatic carbocycles. The van der Waals surface area contributed by atoms with E-state index in [9.17, 15) is 0 Å². The minimum Gasteiger partial charge on any atom is -0.376 e. The molecule has 0 unspecified atom stereocenters. The van der Waals surface area contributed by atoms with Gasteiger partial charge in [-0.2, -0.15) is 0 Å². The third kappa shape index (κ3) is 2.28. The molecule has 0 bridgehead atoms. The van der Waals surface area contributed by atoms with Crippen LogP contribution in [-0.4, -0.2) is 23.7 Å². The van der Waals surface area contributed by atoms with Gasteiger partial charge in [-0.15, -0.1) is 0 Å². The predicted molar refractivity (Wildman–Crippen MR) is 75.0 cm³/mol. The summed E-state index contributed by atoms with van der Waals surface area (Å²) in [7, 11) is 1.76. The van der Waals surface area contributed by atoms with Crippen LogP contribution in [0.2, 0.25) is 0 Å². The number of nitrogens with one attached hydrogen (secondary N) is 1. The summed E-state index contributed by atoms with van der Waals surface area (Å²) >= 11 is 0.